The highest BCUT2D eigenvalue weighted by molar-refractivity contribution is 6.25. The number of hydrogen-bond acceptors (Lipinski definition) is 3. The molecule has 25 heavy (non-hydrogen) atoms. The Morgan fingerprint density at radius 2 is 1.40 bits per heavy atom. The highest BCUT2D eigenvalue weighted by Crippen LogP contribution is 2.38. The number of hydrogen-bond donors (Lipinski definition) is 0. The first-order chi connectivity index (χ1) is 12.1. The number of benzene rings is 2. The summed E-state index contributed by atoms with van der Waals surface area (Å²) in [6.07, 6.45) is 5.42. The average molecular weight is 334 g/mol. The van der Waals surface area contributed by atoms with Gasteiger partial charge in [0.15, 0.2) is 0 Å². The Morgan fingerprint density at radius 1 is 0.840 bits per heavy atom. The molecule has 0 spiro atoms. The molecule has 3 heterocycles. The maximum atomic E-state index is 13.2. The Bertz CT molecular complexity index is 826. The topological polar surface area (TPSA) is 40.6 Å². The van der Waals surface area contributed by atoms with Crippen LogP contribution in [0, 0.1) is 0 Å². The summed E-state index contributed by atoms with van der Waals surface area (Å²) in [5, 5.41) is 1.79. The van der Waals surface area contributed by atoms with E-state index in [4.69, 9.17) is 0 Å². The maximum absolute atomic E-state index is 13.2. The quantitative estimate of drug-likeness (QED) is 0.750. The van der Waals surface area contributed by atoms with Crippen LogP contribution in [0.1, 0.15) is 52.8 Å². The molecule has 2 fully saturated rings. The minimum Gasteiger partial charge on any atom is -0.300 e. The summed E-state index contributed by atoms with van der Waals surface area (Å²) >= 11 is 0. The van der Waals surface area contributed by atoms with Crippen LogP contribution in [0.5, 0.6) is 0 Å². The van der Waals surface area contributed by atoms with E-state index in [0.29, 0.717) is 23.2 Å². The first kappa shape index (κ1) is 15.1. The van der Waals surface area contributed by atoms with Crippen LogP contribution in [0.2, 0.25) is 0 Å². The van der Waals surface area contributed by atoms with E-state index in [9.17, 15) is 9.59 Å². The number of rotatable bonds is 1. The fourth-order valence-electron chi connectivity index (χ4n) is 5.18. The van der Waals surface area contributed by atoms with E-state index < -0.39 is 0 Å². The van der Waals surface area contributed by atoms with Gasteiger partial charge in [0.05, 0.1) is 0 Å². The molecule has 2 atom stereocenters. The van der Waals surface area contributed by atoms with Gasteiger partial charge in [-0.1, -0.05) is 30.7 Å². The van der Waals surface area contributed by atoms with Crippen molar-refractivity contribution in [3.63, 3.8) is 0 Å². The van der Waals surface area contributed by atoms with E-state index in [1.54, 1.807) is 4.90 Å². The van der Waals surface area contributed by atoms with Gasteiger partial charge in [0.1, 0.15) is 0 Å². The van der Waals surface area contributed by atoms with Crippen molar-refractivity contribution in [1.82, 2.24) is 9.80 Å². The van der Waals surface area contributed by atoms with Crippen molar-refractivity contribution in [3.8, 4) is 0 Å². The number of amides is 2. The number of imide groups is 1. The molecular formula is C21H22N2O2. The van der Waals surface area contributed by atoms with Crippen LogP contribution in [0.15, 0.2) is 36.4 Å². The van der Waals surface area contributed by atoms with Crippen LogP contribution < -0.4 is 0 Å². The fraction of sp³-hybridized carbons (Fsp3) is 0.429. The van der Waals surface area contributed by atoms with E-state index in [1.165, 1.54) is 19.3 Å². The molecule has 2 amide bonds. The molecule has 4 heteroatoms. The minimum atomic E-state index is -0.109. The minimum absolute atomic E-state index is 0.0233. The zero-order valence-corrected chi connectivity index (χ0v) is 14.4. The number of fused-ring (bicyclic) bond motifs is 2. The lowest BCUT2D eigenvalue weighted by Crippen LogP contribution is -2.58. The lowest BCUT2D eigenvalue weighted by atomic mass is 9.80. The molecule has 2 aromatic carbocycles. The molecule has 3 aliphatic heterocycles. The molecule has 0 aliphatic carbocycles. The van der Waals surface area contributed by atoms with Gasteiger partial charge in [-0.05, 0) is 50.2 Å². The predicted molar refractivity (Wildman–Crippen MR) is 96.7 cm³/mol. The van der Waals surface area contributed by atoms with E-state index in [1.807, 2.05) is 36.4 Å². The Hall–Kier alpha value is -2.20. The Labute approximate surface area is 147 Å². The largest absolute Gasteiger partial charge is 0.300 e. The van der Waals surface area contributed by atoms with Crippen LogP contribution in [-0.4, -0.2) is 46.8 Å². The number of carbonyl (C=O) groups excluding carboxylic acids is 2. The summed E-state index contributed by atoms with van der Waals surface area (Å²) in [7, 11) is 2.20. The highest BCUT2D eigenvalue weighted by Gasteiger charge is 2.44. The molecule has 0 radical (unpaired) electrons. The average Bonchev–Trinajstić information content (AvgIpc) is 2.60. The van der Waals surface area contributed by atoms with Gasteiger partial charge in [0, 0.05) is 34.6 Å². The lowest BCUT2D eigenvalue weighted by Gasteiger charge is -2.49. The predicted octanol–water partition coefficient (Wildman–Crippen LogP) is 3.45. The lowest BCUT2D eigenvalue weighted by molar-refractivity contribution is 0.0108. The van der Waals surface area contributed by atoms with Crippen molar-refractivity contribution in [2.24, 2.45) is 0 Å². The molecule has 5 rings (SSSR count). The third kappa shape index (κ3) is 2.10. The van der Waals surface area contributed by atoms with Gasteiger partial charge in [-0.15, -0.1) is 0 Å². The zero-order valence-electron chi connectivity index (χ0n) is 14.4. The monoisotopic (exact) mass is 334 g/mol. The van der Waals surface area contributed by atoms with Crippen molar-refractivity contribution >= 4 is 22.6 Å². The Kier molecular flexibility index (Phi) is 3.26. The third-order valence-corrected chi connectivity index (χ3v) is 6.48. The SMILES string of the molecule is CN1C2CCCC1CC(N1C(=O)c3cccc4cccc(c34)C1=O)C2. The molecule has 0 N–H and O–H groups in total. The van der Waals surface area contributed by atoms with Crippen LogP contribution >= 0.6 is 0 Å². The first-order valence-electron chi connectivity index (χ1n) is 9.26. The second-order valence-electron chi connectivity index (χ2n) is 7.72. The van der Waals surface area contributed by atoms with Crippen LogP contribution in [0.25, 0.3) is 10.8 Å². The van der Waals surface area contributed by atoms with Crippen molar-refractivity contribution in [2.75, 3.05) is 7.05 Å². The number of piperidine rings is 2. The molecule has 3 aliphatic rings. The zero-order chi connectivity index (χ0) is 17.1. The van der Waals surface area contributed by atoms with Crippen molar-refractivity contribution < 1.29 is 9.59 Å². The number of nitrogens with zero attached hydrogens (tertiary/aromatic N) is 2. The second kappa shape index (κ2) is 5.40. The summed E-state index contributed by atoms with van der Waals surface area (Å²) in [6, 6.07) is 12.5. The van der Waals surface area contributed by atoms with Crippen LogP contribution in [0.3, 0.4) is 0 Å². The van der Waals surface area contributed by atoms with Crippen molar-refractivity contribution in [2.45, 2.75) is 50.2 Å². The van der Waals surface area contributed by atoms with Gasteiger partial charge >= 0.3 is 0 Å². The van der Waals surface area contributed by atoms with E-state index >= 15 is 0 Å². The second-order valence-corrected chi connectivity index (χ2v) is 7.72. The third-order valence-electron chi connectivity index (χ3n) is 6.48. The highest BCUT2D eigenvalue weighted by atomic mass is 16.2. The number of carbonyl (C=O) groups is 2. The van der Waals surface area contributed by atoms with Crippen LogP contribution in [-0.2, 0) is 0 Å². The van der Waals surface area contributed by atoms with E-state index in [0.717, 1.165) is 23.6 Å². The van der Waals surface area contributed by atoms with Crippen molar-refractivity contribution in [1.29, 1.82) is 0 Å². The van der Waals surface area contributed by atoms with Crippen molar-refractivity contribution in [3.05, 3.63) is 47.5 Å². The Morgan fingerprint density at radius 3 is 1.96 bits per heavy atom. The van der Waals surface area contributed by atoms with Gasteiger partial charge in [0.25, 0.3) is 11.8 Å². The fourth-order valence-corrected chi connectivity index (χ4v) is 5.18. The summed E-state index contributed by atoms with van der Waals surface area (Å²) in [6.45, 7) is 0. The summed E-state index contributed by atoms with van der Waals surface area (Å²) in [5.74, 6) is -0.219. The summed E-state index contributed by atoms with van der Waals surface area (Å²) < 4.78 is 0. The summed E-state index contributed by atoms with van der Waals surface area (Å²) in [4.78, 5) is 30.5. The van der Waals surface area contributed by atoms with Gasteiger partial charge < -0.3 is 4.90 Å². The molecule has 2 unspecified atom stereocenters. The molecule has 128 valence electrons. The van der Waals surface area contributed by atoms with E-state index in [2.05, 4.69) is 11.9 Å². The Balaban J connectivity index is 1.58. The standard InChI is InChI=1S/C21H22N2O2/c1-22-14-7-4-8-15(22)12-16(11-14)23-20(24)17-9-2-5-13-6-3-10-18(19(13)17)21(23)25/h2-3,5-6,9-10,14-16H,4,7-8,11-12H2,1H3. The molecule has 2 saturated heterocycles. The molecule has 0 aromatic heterocycles. The van der Waals surface area contributed by atoms with Crippen LogP contribution in [0.4, 0.5) is 0 Å². The van der Waals surface area contributed by atoms with E-state index in [-0.39, 0.29) is 17.9 Å². The maximum Gasteiger partial charge on any atom is 0.261 e. The first-order valence-corrected chi connectivity index (χ1v) is 9.26. The normalized spacial score (nSPS) is 29.3. The van der Waals surface area contributed by atoms with Gasteiger partial charge in [0.2, 0.25) is 0 Å². The van der Waals surface area contributed by atoms with Gasteiger partial charge in [-0.25, -0.2) is 0 Å². The van der Waals surface area contributed by atoms with Gasteiger partial charge in [-0.3, -0.25) is 14.5 Å². The molecule has 0 saturated carbocycles. The molecule has 2 bridgehead atoms. The molecule has 2 aromatic rings. The smallest absolute Gasteiger partial charge is 0.261 e. The molecular weight excluding hydrogens is 312 g/mol. The summed E-state index contributed by atoms with van der Waals surface area (Å²) in [5.41, 5.74) is 1.36. The molecule has 4 nitrogen and oxygen atoms in total. The van der Waals surface area contributed by atoms with Gasteiger partial charge in [-0.2, -0.15) is 0 Å².